The monoisotopic (exact) mass is 2000 g/mol. The van der Waals surface area contributed by atoms with Gasteiger partial charge in [0.1, 0.15) is 91.5 Å². The van der Waals surface area contributed by atoms with Crippen LogP contribution in [-0.2, 0) is 142 Å². The Morgan fingerprint density at radius 1 is 0.392 bits per heavy atom. The van der Waals surface area contributed by atoms with E-state index >= 15 is 0 Å². The van der Waals surface area contributed by atoms with E-state index < -0.39 is 42.0 Å². The Morgan fingerprint density at radius 2 is 0.699 bits per heavy atom. The van der Waals surface area contributed by atoms with Crippen molar-refractivity contribution in [3.63, 3.8) is 0 Å². The number of aromatic hydroxyl groups is 4. The first-order valence-corrected chi connectivity index (χ1v) is 47.3. The van der Waals surface area contributed by atoms with E-state index in [1.807, 2.05) is 6.92 Å². The number of hydrogen-bond acceptors (Lipinski definition) is 32. The lowest BCUT2D eigenvalue weighted by molar-refractivity contribution is -0.146. The topological polar surface area (TPSA) is 520 Å². The van der Waals surface area contributed by atoms with Crippen molar-refractivity contribution in [2.45, 2.75) is 223 Å². The van der Waals surface area contributed by atoms with Crippen molar-refractivity contribution < 1.29 is 160 Å². The summed E-state index contributed by atoms with van der Waals surface area (Å²) in [6.07, 6.45) is 23.4. The Balaban J connectivity index is 0. The van der Waals surface area contributed by atoms with Crippen LogP contribution in [0.1, 0.15) is 206 Å². The van der Waals surface area contributed by atoms with Crippen molar-refractivity contribution in [1.82, 2.24) is 0 Å². The van der Waals surface area contributed by atoms with Gasteiger partial charge in [0, 0.05) is 101 Å². The fourth-order valence-electron chi connectivity index (χ4n) is 14.3. The predicted octanol–water partition coefficient (Wildman–Crippen LogP) is 14.3. The quantitative estimate of drug-likeness (QED) is 0.00436. The summed E-state index contributed by atoms with van der Waals surface area (Å²) < 4.78 is 48.1. The summed E-state index contributed by atoms with van der Waals surface area (Å²) in [6, 6.07) is 32.8. The molecule has 9 N–H and O–H groups in total. The number of rotatable bonds is 58. The van der Waals surface area contributed by atoms with Gasteiger partial charge in [-0.05, 0) is 219 Å². The molecule has 1 fully saturated rings. The Bertz CT molecular complexity index is 4640. The second-order valence-corrected chi connectivity index (χ2v) is 32.5. The Morgan fingerprint density at radius 3 is 0.993 bits per heavy atom. The maximum atomic E-state index is 12.7. The van der Waals surface area contributed by atoms with Gasteiger partial charge in [0.15, 0.2) is 0 Å². The maximum absolute atomic E-state index is 12.7. The van der Waals surface area contributed by atoms with Gasteiger partial charge in [-0.25, -0.2) is 4.39 Å². The van der Waals surface area contributed by atoms with E-state index in [4.69, 9.17) is 38.6 Å². The van der Waals surface area contributed by atoms with Crippen LogP contribution in [0.3, 0.4) is 0 Å². The van der Waals surface area contributed by atoms with Gasteiger partial charge in [-0.2, -0.15) is 0 Å². The Hall–Kier alpha value is -13.2. The van der Waals surface area contributed by atoms with Crippen LogP contribution >= 0.6 is 0 Å². The normalized spacial score (nSPS) is 14.9. The molecule has 1 aliphatic rings. The lowest BCUT2D eigenvalue weighted by atomic mass is 9.86. The van der Waals surface area contributed by atoms with E-state index in [-0.39, 0.29) is 219 Å². The molecule has 1 saturated carbocycles. The fraction of sp³-hybridized carbons (Fsp3) is 0.473. The summed E-state index contributed by atoms with van der Waals surface area (Å²) in [5.41, 5.74) is 8.04. The number of aliphatic hydroxyl groups excluding tert-OH is 5. The van der Waals surface area contributed by atoms with Crippen molar-refractivity contribution in [3.8, 4) is 23.0 Å². The second-order valence-electron chi connectivity index (χ2n) is 32.5. The highest BCUT2D eigenvalue weighted by Gasteiger charge is 2.37. The fourth-order valence-corrected chi connectivity index (χ4v) is 14.3. The zero-order valence-corrected chi connectivity index (χ0v) is 82.9. The summed E-state index contributed by atoms with van der Waals surface area (Å²) in [4.78, 5) is 178. The molecule has 0 unspecified atom stereocenters. The van der Waals surface area contributed by atoms with Gasteiger partial charge in [0.2, 0.25) is 0 Å². The predicted molar refractivity (Wildman–Crippen MR) is 535 cm³/mol. The number of aldehydes is 9. The number of allylic oxidation sites excluding steroid dienone is 10. The van der Waals surface area contributed by atoms with Gasteiger partial charge in [-0.1, -0.05) is 131 Å². The number of esters is 7. The molecule has 788 valence electrons. The maximum Gasteiger partial charge on any atom is 0.306 e. The number of carbonyl (C=O) groups is 16. The van der Waals surface area contributed by atoms with E-state index in [1.54, 1.807) is 187 Å². The summed E-state index contributed by atoms with van der Waals surface area (Å²) >= 11 is 0. The van der Waals surface area contributed by atoms with Crippen molar-refractivity contribution in [2.24, 2.45) is 47.3 Å². The molecule has 0 heterocycles. The molecule has 6 rings (SSSR count). The number of hydrogen-bond donors (Lipinski definition) is 9. The molecular weight excluding hydrogens is 1850 g/mol. The first-order valence-electron chi connectivity index (χ1n) is 47.3. The standard InChI is InChI=1S/C17H19FO4.C17H22O5.C17H24O5.2C17H22O5.C14H22O4.C10H14O4.CH4/c1-2-14(12-20)15(7-9-19)11-17(21)22-10-8-13-3-5-16(18)6-4-13;1-2-14-12(9-15(19)17(14)21)10-16(20)22-8-7-11-3-5-13(18)6-4-11;3*1-2-14(12-19)15(7-9-18)11-17(21)22-10-8-13-3-5-16(20)6-4-13;1-3-5-6-9-18-14(17)10-13(7-8-15)12(4-2)11-16;1-3-8(7-12)9(4-5-11)6-10(13)14-2;/h2-6,9,12,15H,7-8,10-11H2,1H3;2-6,12,15,17-19,21H,7-10H2,1H3;2-6,15,18-20H,7-12H2,1H3;3-6,9,12,14-15,20H,2,7-8,10-11H2,1H3;2-6,12,15,18,20H,7-11H2,1H3;4,8,11,13H,3,5-7,9-10H2,1-2H3;3,5,7,9H,4,6H2,1-2H3;1H4/b14-2-;14-2+;14-2-;;14-2-;12-4-;8-3-;/t15-;12-,15+,17-;15-;14-,15-;15-;13-;9-;/m0000000./s1. The zero-order valence-electron chi connectivity index (χ0n) is 82.9. The van der Waals surface area contributed by atoms with Gasteiger partial charge in [0.05, 0.1) is 98.0 Å². The number of aliphatic hydroxyl groups is 5. The minimum Gasteiger partial charge on any atom is -0.508 e. The van der Waals surface area contributed by atoms with Crippen LogP contribution in [-0.4, -0.2) is 223 Å². The molecule has 0 aromatic heterocycles. The van der Waals surface area contributed by atoms with E-state index in [9.17, 15) is 117 Å². The number of phenolic OH excluding ortho intramolecular Hbond substituents is 4. The lowest BCUT2D eigenvalue weighted by Crippen LogP contribution is -2.21. The second kappa shape index (κ2) is 82.4. The molecule has 0 bridgehead atoms. The van der Waals surface area contributed by atoms with E-state index in [2.05, 4.69) is 11.7 Å². The third kappa shape index (κ3) is 59.3. The minimum atomic E-state index is -0.875. The molecular formula is C110H149FO32. The van der Waals surface area contributed by atoms with E-state index in [0.717, 1.165) is 71.5 Å². The Kier molecular flexibility index (Phi) is 75.9. The summed E-state index contributed by atoms with van der Waals surface area (Å²) in [5.74, 6) is -4.62. The zero-order chi connectivity index (χ0) is 106. The van der Waals surface area contributed by atoms with Crippen molar-refractivity contribution in [2.75, 3.05) is 66.6 Å². The average molecular weight is 2000 g/mol. The molecule has 1 aliphatic carbocycles. The molecule has 32 nitrogen and oxygen atoms in total. The summed E-state index contributed by atoms with van der Waals surface area (Å²) in [6.45, 7) is 15.7. The van der Waals surface area contributed by atoms with Crippen LogP contribution in [0.4, 0.5) is 4.39 Å². The molecule has 5 aromatic rings. The SMILES string of the molecule is C.C/C=C(/C=O)[C@@H](CC=O)CC(=O)OC.C/C=C(/C=O)[C@@H](CC=O)CC(=O)OCCCCC.C/C=C(/C=O)[C@@H](CC=O)CC(=O)OCCc1ccc(F)cc1.C/C=C(/C=O)[C@@H](CCO)CC(=O)OCCc1ccc(O)cc1.C/C=C(/CO)[C@@H](CCO)CC(=O)OCCc1ccc(O)cc1.C/C=C1\[C@H](CC(=O)OCCc2ccc(O)cc2)C[C@@H](O)[C@H]1O.CC[C@@H](C=O)[C@@H](CC=O)CC(=O)OCCc1ccc(O)cc1. The number of carbonyl (C=O) groups excluding carboxylic acids is 16. The molecule has 143 heavy (non-hydrogen) atoms. The van der Waals surface area contributed by atoms with Gasteiger partial charge in [0.25, 0.3) is 0 Å². The first kappa shape index (κ1) is 132. The third-order valence-corrected chi connectivity index (χ3v) is 22.7. The van der Waals surface area contributed by atoms with Crippen molar-refractivity contribution in [1.29, 1.82) is 0 Å². The molecule has 0 aliphatic heterocycles. The van der Waals surface area contributed by atoms with Crippen molar-refractivity contribution in [3.05, 3.63) is 225 Å². The van der Waals surface area contributed by atoms with Crippen LogP contribution < -0.4 is 0 Å². The molecule has 0 saturated heterocycles. The van der Waals surface area contributed by atoms with Crippen LogP contribution in [0.15, 0.2) is 191 Å². The van der Waals surface area contributed by atoms with E-state index in [0.29, 0.717) is 130 Å². The highest BCUT2D eigenvalue weighted by molar-refractivity contribution is 5.81. The Labute approximate surface area is 838 Å². The van der Waals surface area contributed by atoms with Gasteiger partial charge in [-0.15, -0.1) is 0 Å². The number of methoxy groups -OCH3 is 1. The van der Waals surface area contributed by atoms with Gasteiger partial charge in [-0.3, -0.25) is 52.7 Å². The van der Waals surface area contributed by atoms with Gasteiger partial charge < -0.3 is 103 Å². The lowest BCUT2D eigenvalue weighted by Gasteiger charge is -2.18. The van der Waals surface area contributed by atoms with Crippen LogP contribution in [0, 0.1) is 53.2 Å². The third-order valence-electron chi connectivity index (χ3n) is 22.7. The number of halogens is 1. The number of unbranched alkanes of at least 4 members (excludes halogenated alkanes) is 2. The summed E-state index contributed by atoms with van der Waals surface area (Å²) in [7, 11) is 1.27. The molecule has 0 spiro atoms. The highest BCUT2D eigenvalue weighted by atomic mass is 19.1. The molecule has 0 radical (unpaired) electrons. The molecule has 5 aromatic carbocycles. The van der Waals surface area contributed by atoms with Gasteiger partial charge >= 0.3 is 41.8 Å². The first-order chi connectivity index (χ1) is 68.3. The number of ether oxygens (including phenoxy) is 7. The average Bonchev–Trinajstić information content (AvgIpc) is 1.69. The van der Waals surface area contributed by atoms with Crippen molar-refractivity contribution >= 4 is 98.4 Å². The van der Waals surface area contributed by atoms with Crippen LogP contribution in [0.25, 0.3) is 0 Å². The molecule has 10 atom stereocenters. The highest BCUT2D eigenvalue weighted by Crippen LogP contribution is 2.35. The largest absolute Gasteiger partial charge is 0.508 e. The van der Waals surface area contributed by atoms with Crippen LogP contribution in [0.5, 0.6) is 23.0 Å². The molecule has 0 amide bonds. The molecule has 33 heteroatoms. The smallest absolute Gasteiger partial charge is 0.306 e. The van der Waals surface area contributed by atoms with Crippen LogP contribution in [0.2, 0.25) is 0 Å². The number of phenols is 4. The van der Waals surface area contributed by atoms with E-state index in [1.165, 1.54) is 19.2 Å². The minimum absolute atomic E-state index is 0. The summed E-state index contributed by atoms with van der Waals surface area (Å²) in [5, 5.41) is 83.5. The number of benzene rings is 5.